The second-order valence-corrected chi connectivity index (χ2v) is 4.92. The number of allylic oxidation sites excluding steroid dienone is 1. The van der Waals surface area contributed by atoms with Crippen molar-refractivity contribution in [1.29, 1.82) is 0 Å². The van der Waals surface area contributed by atoms with Gasteiger partial charge in [-0.3, -0.25) is 4.79 Å². The Balaban J connectivity index is 2.53. The molecule has 1 aliphatic rings. The van der Waals surface area contributed by atoms with Gasteiger partial charge in [0.2, 0.25) is 0 Å². The Labute approximate surface area is 111 Å². The number of hydrogen-bond acceptors (Lipinski definition) is 3. The van der Waals surface area contributed by atoms with Gasteiger partial charge in [-0.1, -0.05) is 35.4 Å². The summed E-state index contributed by atoms with van der Waals surface area (Å²) in [5.41, 5.74) is 0. The minimum absolute atomic E-state index is 0.0569. The van der Waals surface area contributed by atoms with E-state index in [4.69, 9.17) is 32.7 Å². The topological polar surface area (TPSA) is 38.8 Å². The summed E-state index contributed by atoms with van der Waals surface area (Å²) in [5, 5.41) is 0. The van der Waals surface area contributed by atoms with Gasteiger partial charge in [-0.15, -0.1) is 0 Å². The molecule has 0 aromatic carbocycles. The molecule has 0 radical (unpaired) electrons. The van der Waals surface area contributed by atoms with Crippen LogP contribution >= 0.6 is 23.2 Å². The monoisotopic (exact) mass is 281 g/mol. The normalized spacial score (nSPS) is 24.8. The van der Waals surface area contributed by atoms with Gasteiger partial charge in [-0.2, -0.15) is 0 Å². The van der Waals surface area contributed by atoms with E-state index in [9.17, 15) is 4.79 Å². The summed E-state index contributed by atoms with van der Waals surface area (Å²) in [5.74, 6) is -0.335. The number of alkyl halides is 2. The van der Waals surface area contributed by atoms with Gasteiger partial charge in [0.25, 0.3) is 5.91 Å². The molecular formula is C11H17Cl2NO3. The van der Waals surface area contributed by atoms with Crippen LogP contribution in [-0.2, 0) is 14.3 Å². The van der Waals surface area contributed by atoms with Crippen LogP contribution in [-0.4, -0.2) is 47.7 Å². The van der Waals surface area contributed by atoms with Gasteiger partial charge in [0.15, 0.2) is 11.1 Å². The fourth-order valence-corrected chi connectivity index (χ4v) is 1.76. The molecule has 0 saturated carbocycles. The van der Waals surface area contributed by atoms with Gasteiger partial charge in [0.1, 0.15) is 0 Å². The molecule has 0 spiro atoms. The molecule has 1 aliphatic heterocycles. The van der Waals surface area contributed by atoms with E-state index in [0.29, 0.717) is 19.7 Å². The molecule has 0 aliphatic carbocycles. The Morgan fingerprint density at radius 3 is 2.76 bits per heavy atom. The third kappa shape index (κ3) is 4.84. The first kappa shape index (κ1) is 14.8. The van der Waals surface area contributed by atoms with Crippen LogP contribution in [0.2, 0.25) is 0 Å². The van der Waals surface area contributed by atoms with E-state index in [1.165, 1.54) is 4.90 Å². The third-order valence-electron chi connectivity index (χ3n) is 2.33. The first-order chi connectivity index (χ1) is 8.04. The second kappa shape index (κ2) is 7.21. The number of amides is 1. The van der Waals surface area contributed by atoms with Crippen molar-refractivity contribution in [2.45, 2.75) is 31.1 Å². The van der Waals surface area contributed by atoms with Crippen LogP contribution in [0.3, 0.4) is 0 Å². The van der Waals surface area contributed by atoms with Gasteiger partial charge >= 0.3 is 0 Å². The maximum absolute atomic E-state index is 11.7. The molecule has 6 heteroatoms. The molecule has 1 amide bonds. The molecule has 0 aromatic heterocycles. The van der Waals surface area contributed by atoms with Crippen LogP contribution in [0, 0.1) is 0 Å². The van der Waals surface area contributed by atoms with Gasteiger partial charge in [-0.25, -0.2) is 0 Å². The molecule has 1 heterocycles. The van der Waals surface area contributed by atoms with Gasteiger partial charge in [-0.05, 0) is 13.8 Å². The van der Waals surface area contributed by atoms with Gasteiger partial charge < -0.3 is 14.4 Å². The van der Waals surface area contributed by atoms with Crippen molar-refractivity contribution in [3.63, 3.8) is 0 Å². The lowest BCUT2D eigenvalue weighted by Gasteiger charge is -2.24. The molecule has 2 atom stereocenters. The van der Waals surface area contributed by atoms with E-state index in [0.717, 1.165) is 0 Å². The van der Waals surface area contributed by atoms with Crippen LogP contribution in [0.4, 0.5) is 0 Å². The molecule has 4 nitrogen and oxygen atoms in total. The maximum Gasteiger partial charge on any atom is 0.256 e. The van der Waals surface area contributed by atoms with Crippen LogP contribution in [0.15, 0.2) is 12.2 Å². The molecule has 0 N–H and O–H groups in total. The van der Waals surface area contributed by atoms with Crippen molar-refractivity contribution in [3.8, 4) is 0 Å². The first-order valence-electron chi connectivity index (χ1n) is 5.49. The zero-order valence-electron chi connectivity index (χ0n) is 9.94. The molecule has 98 valence electrons. The summed E-state index contributed by atoms with van der Waals surface area (Å²) < 4.78 is 10.9. The maximum atomic E-state index is 11.7. The van der Waals surface area contributed by atoms with Crippen LogP contribution in [0.5, 0.6) is 0 Å². The number of carbonyl (C=O) groups is 1. The zero-order chi connectivity index (χ0) is 12.8. The molecular weight excluding hydrogens is 265 g/mol. The van der Waals surface area contributed by atoms with Crippen molar-refractivity contribution in [2.75, 3.05) is 19.7 Å². The summed E-state index contributed by atoms with van der Waals surface area (Å²) in [7, 11) is 0. The molecule has 1 rings (SSSR count). The molecule has 17 heavy (non-hydrogen) atoms. The largest absolute Gasteiger partial charge is 0.348 e. The zero-order valence-corrected chi connectivity index (χ0v) is 11.4. The SMILES string of the molecule is C/C=C/CN(CC1OCC(C)O1)C(=O)C(Cl)Cl. The molecule has 0 bridgehead atoms. The highest BCUT2D eigenvalue weighted by molar-refractivity contribution is 6.53. The fourth-order valence-electron chi connectivity index (χ4n) is 1.48. The van der Waals surface area contributed by atoms with E-state index < -0.39 is 11.1 Å². The second-order valence-electron chi connectivity index (χ2n) is 3.82. The summed E-state index contributed by atoms with van der Waals surface area (Å²) in [6.45, 7) is 5.13. The van der Waals surface area contributed by atoms with Crippen LogP contribution in [0.25, 0.3) is 0 Å². The van der Waals surface area contributed by atoms with E-state index in [2.05, 4.69) is 0 Å². The molecule has 1 saturated heterocycles. The minimum Gasteiger partial charge on any atom is -0.348 e. The lowest BCUT2D eigenvalue weighted by molar-refractivity contribution is -0.135. The molecule has 1 fully saturated rings. The third-order valence-corrected chi connectivity index (χ3v) is 2.70. The smallest absolute Gasteiger partial charge is 0.256 e. The van der Waals surface area contributed by atoms with Crippen LogP contribution in [0.1, 0.15) is 13.8 Å². The Morgan fingerprint density at radius 1 is 1.59 bits per heavy atom. The van der Waals surface area contributed by atoms with E-state index in [1.807, 2.05) is 26.0 Å². The van der Waals surface area contributed by atoms with E-state index in [-0.39, 0.29) is 12.0 Å². The lowest BCUT2D eigenvalue weighted by atomic mass is 10.4. The summed E-state index contributed by atoms with van der Waals surface area (Å²) in [6.07, 6.45) is 3.37. The van der Waals surface area contributed by atoms with Gasteiger partial charge in [0.05, 0.1) is 19.3 Å². The Kier molecular flexibility index (Phi) is 6.27. The predicted octanol–water partition coefficient (Wildman–Crippen LogP) is 1.96. The highest BCUT2D eigenvalue weighted by Crippen LogP contribution is 2.14. The van der Waals surface area contributed by atoms with E-state index >= 15 is 0 Å². The highest BCUT2D eigenvalue weighted by Gasteiger charge is 2.28. The van der Waals surface area contributed by atoms with Crippen molar-refractivity contribution < 1.29 is 14.3 Å². The van der Waals surface area contributed by atoms with Crippen molar-refractivity contribution in [3.05, 3.63) is 12.2 Å². The Hall–Kier alpha value is -0.290. The summed E-state index contributed by atoms with van der Waals surface area (Å²) >= 11 is 11.2. The average molecular weight is 282 g/mol. The first-order valence-corrected chi connectivity index (χ1v) is 6.37. The fraction of sp³-hybridized carbons (Fsp3) is 0.727. The number of rotatable bonds is 5. The number of hydrogen-bond donors (Lipinski definition) is 0. The number of ether oxygens (including phenoxy) is 2. The van der Waals surface area contributed by atoms with Crippen LogP contribution < -0.4 is 0 Å². The molecule has 0 aromatic rings. The number of carbonyl (C=O) groups excluding carboxylic acids is 1. The standard InChI is InChI=1S/C11H17Cl2NO3/c1-3-4-5-14(11(15)10(12)13)6-9-16-7-8(2)17-9/h3-4,8-10H,5-7H2,1-2H3/b4-3+. The summed E-state index contributed by atoms with van der Waals surface area (Å²) in [6, 6.07) is 0. The van der Waals surface area contributed by atoms with Crippen molar-refractivity contribution in [1.82, 2.24) is 4.90 Å². The molecule has 2 unspecified atom stereocenters. The van der Waals surface area contributed by atoms with E-state index in [1.54, 1.807) is 0 Å². The van der Waals surface area contributed by atoms with Crippen molar-refractivity contribution in [2.24, 2.45) is 0 Å². The average Bonchev–Trinajstić information content (AvgIpc) is 2.69. The number of halogens is 2. The van der Waals surface area contributed by atoms with Gasteiger partial charge in [0, 0.05) is 6.54 Å². The predicted molar refractivity (Wildman–Crippen MR) is 67.2 cm³/mol. The lowest BCUT2D eigenvalue weighted by Crippen LogP contribution is -2.40. The highest BCUT2D eigenvalue weighted by atomic mass is 35.5. The Morgan fingerprint density at radius 2 is 2.29 bits per heavy atom. The summed E-state index contributed by atoms with van der Waals surface area (Å²) in [4.78, 5) is 12.2. The number of nitrogens with zero attached hydrogens (tertiary/aromatic N) is 1. The quantitative estimate of drug-likeness (QED) is 0.571. The van der Waals surface area contributed by atoms with Crippen molar-refractivity contribution >= 4 is 29.1 Å². The Bertz CT molecular complexity index is 284. The minimum atomic E-state index is -1.06.